The minimum absolute atomic E-state index is 0.137. The number of carbonyl (C=O) groups is 1. The number of nitrogens with two attached hydrogens (primary N) is 1. The third kappa shape index (κ3) is 2.13. The molecule has 0 atom stereocenters. The van der Waals surface area contributed by atoms with E-state index in [4.69, 9.17) is 10.8 Å². The summed E-state index contributed by atoms with van der Waals surface area (Å²) in [6.45, 7) is 6.39. The van der Waals surface area contributed by atoms with Crippen molar-refractivity contribution in [2.45, 2.75) is 19.4 Å². The summed E-state index contributed by atoms with van der Waals surface area (Å²) in [6.07, 6.45) is 0. The maximum atomic E-state index is 11.0. The quantitative estimate of drug-likeness (QED) is 0.753. The molecule has 0 fully saturated rings. The number of nitrogens with one attached hydrogen (secondary N) is 1. The van der Waals surface area contributed by atoms with E-state index >= 15 is 0 Å². The standard InChI is InChI=1S/C13H19N3O2/c1-13(2,8-14)16-6-5-15-10-7-9(12(17)18)3-4-11(10)16/h3-4,7,15H,5-6,8,14H2,1-2H3,(H,17,18). The molecule has 98 valence electrons. The lowest BCUT2D eigenvalue weighted by atomic mass is 9.99. The van der Waals surface area contributed by atoms with E-state index in [0.29, 0.717) is 12.1 Å². The van der Waals surface area contributed by atoms with Crippen LogP contribution in [0, 0.1) is 0 Å². The number of carboxylic acids is 1. The summed E-state index contributed by atoms with van der Waals surface area (Å²) in [7, 11) is 0. The van der Waals surface area contributed by atoms with Crippen LogP contribution >= 0.6 is 0 Å². The Morgan fingerprint density at radius 3 is 2.89 bits per heavy atom. The molecule has 0 saturated heterocycles. The van der Waals surface area contributed by atoms with Gasteiger partial charge in [-0.15, -0.1) is 0 Å². The molecule has 5 nitrogen and oxygen atoms in total. The number of aromatic carboxylic acids is 1. The molecule has 0 spiro atoms. The fourth-order valence-electron chi connectivity index (χ4n) is 2.21. The molecule has 5 heteroatoms. The second-order valence-corrected chi connectivity index (χ2v) is 5.13. The first kappa shape index (κ1) is 12.7. The Morgan fingerprint density at radius 1 is 1.56 bits per heavy atom. The highest BCUT2D eigenvalue weighted by atomic mass is 16.4. The molecular weight excluding hydrogens is 230 g/mol. The molecule has 1 heterocycles. The Hall–Kier alpha value is -1.75. The fourth-order valence-corrected chi connectivity index (χ4v) is 2.21. The molecule has 0 aromatic heterocycles. The number of fused-ring (bicyclic) bond motifs is 1. The van der Waals surface area contributed by atoms with Crippen LogP contribution in [0.25, 0.3) is 0 Å². The first-order valence-electron chi connectivity index (χ1n) is 6.04. The number of nitrogens with zero attached hydrogens (tertiary/aromatic N) is 1. The van der Waals surface area contributed by atoms with E-state index in [-0.39, 0.29) is 5.54 Å². The lowest BCUT2D eigenvalue weighted by Crippen LogP contribution is -2.53. The number of hydrogen-bond donors (Lipinski definition) is 3. The van der Waals surface area contributed by atoms with Crippen LogP contribution in [0.5, 0.6) is 0 Å². The molecule has 1 aliphatic heterocycles. The molecule has 0 amide bonds. The minimum Gasteiger partial charge on any atom is -0.478 e. The predicted octanol–water partition coefficient (Wildman–Crippen LogP) is 1.35. The molecule has 2 rings (SSSR count). The molecule has 1 aromatic rings. The lowest BCUT2D eigenvalue weighted by molar-refractivity contribution is 0.0697. The molecule has 1 aliphatic rings. The van der Waals surface area contributed by atoms with Gasteiger partial charge in [0.05, 0.1) is 16.9 Å². The lowest BCUT2D eigenvalue weighted by Gasteiger charge is -2.43. The number of rotatable bonds is 3. The average molecular weight is 249 g/mol. The molecule has 0 radical (unpaired) electrons. The van der Waals surface area contributed by atoms with Gasteiger partial charge in [0.2, 0.25) is 0 Å². The predicted molar refractivity (Wildman–Crippen MR) is 72.4 cm³/mol. The third-order valence-corrected chi connectivity index (χ3v) is 3.42. The van der Waals surface area contributed by atoms with Gasteiger partial charge in [-0.05, 0) is 32.0 Å². The van der Waals surface area contributed by atoms with E-state index in [1.54, 1.807) is 12.1 Å². The van der Waals surface area contributed by atoms with Gasteiger partial charge in [-0.1, -0.05) is 0 Å². The van der Waals surface area contributed by atoms with Gasteiger partial charge in [-0.3, -0.25) is 0 Å². The minimum atomic E-state index is -0.908. The largest absolute Gasteiger partial charge is 0.478 e. The van der Waals surface area contributed by atoms with Crippen molar-refractivity contribution in [3.05, 3.63) is 23.8 Å². The van der Waals surface area contributed by atoms with E-state index < -0.39 is 5.97 Å². The Morgan fingerprint density at radius 2 is 2.28 bits per heavy atom. The number of hydrogen-bond acceptors (Lipinski definition) is 4. The summed E-state index contributed by atoms with van der Waals surface area (Å²) in [6, 6.07) is 5.16. The van der Waals surface area contributed by atoms with Gasteiger partial charge in [-0.25, -0.2) is 4.79 Å². The Balaban J connectivity index is 2.42. The molecule has 0 bridgehead atoms. The SMILES string of the molecule is CC(C)(CN)N1CCNc2cc(C(=O)O)ccc21. The van der Waals surface area contributed by atoms with Crippen molar-refractivity contribution in [2.24, 2.45) is 5.73 Å². The van der Waals surface area contributed by atoms with Gasteiger partial charge in [0.25, 0.3) is 0 Å². The van der Waals surface area contributed by atoms with Crippen molar-refractivity contribution in [3.63, 3.8) is 0 Å². The first-order chi connectivity index (χ1) is 8.45. The summed E-state index contributed by atoms with van der Waals surface area (Å²) in [4.78, 5) is 13.2. The second kappa shape index (κ2) is 4.49. The van der Waals surface area contributed by atoms with Gasteiger partial charge >= 0.3 is 5.97 Å². The maximum absolute atomic E-state index is 11.0. The molecular formula is C13H19N3O2. The van der Waals surface area contributed by atoms with Crippen LogP contribution in [0.4, 0.5) is 11.4 Å². The molecule has 4 N–H and O–H groups in total. The zero-order valence-electron chi connectivity index (χ0n) is 10.7. The summed E-state index contributed by atoms with van der Waals surface area (Å²) >= 11 is 0. The highest BCUT2D eigenvalue weighted by Crippen LogP contribution is 2.34. The van der Waals surface area contributed by atoms with Crippen molar-refractivity contribution < 1.29 is 9.90 Å². The van der Waals surface area contributed by atoms with Crippen molar-refractivity contribution >= 4 is 17.3 Å². The van der Waals surface area contributed by atoms with Crippen LogP contribution < -0.4 is 16.0 Å². The number of carboxylic acid groups (broad SMARTS) is 1. The molecule has 1 aromatic carbocycles. The third-order valence-electron chi connectivity index (χ3n) is 3.42. The zero-order chi connectivity index (χ0) is 13.3. The fraction of sp³-hybridized carbons (Fsp3) is 0.462. The van der Waals surface area contributed by atoms with E-state index in [9.17, 15) is 4.79 Å². The molecule has 0 aliphatic carbocycles. The summed E-state index contributed by atoms with van der Waals surface area (Å²) < 4.78 is 0. The average Bonchev–Trinajstić information content (AvgIpc) is 2.37. The zero-order valence-corrected chi connectivity index (χ0v) is 10.7. The van der Waals surface area contributed by atoms with E-state index in [0.717, 1.165) is 24.5 Å². The van der Waals surface area contributed by atoms with Crippen LogP contribution in [-0.2, 0) is 0 Å². The topological polar surface area (TPSA) is 78.6 Å². The Bertz CT molecular complexity index is 471. The van der Waals surface area contributed by atoms with Crippen molar-refractivity contribution in [1.82, 2.24) is 0 Å². The van der Waals surface area contributed by atoms with E-state index in [1.807, 2.05) is 6.07 Å². The highest BCUT2D eigenvalue weighted by molar-refractivity contribution is 5.91. The normalized spacial score (nSPS) is 14.9. The van der Waals surface area contributed by atoms with Crippen molar-refractivity contribution in [3.8, 4) is 0 Å². The Kier molecular flexibility index (Phi) is 3.17. The molecule has 18 heavy (non-hydrogen) atoms. The van der Waals surface area contributed by atoms with Gasteiger partial charge in [0, 0.05) is 25.2 Å². The highest BCUT2D eigenvalue weighted by Gasteiger charge is 2.29. The maximum Gasteiger partial charge on any atom is 0.335 e. The molecule has 0 unspecified atom stereocenters. The number of anilines is 2. The van der Waals surface area contributed by atoms with Crippen LogP contribution in [0.15, 0.2) is 18.2 Å². The van der Waals surface area contributed by atoms with Crippen LogP contribution in [0.1, 0.15) is 24.2 Å². The summed E-state index contributed by atoms with van der Waals surface area (Å²) in [5.41, 5.74) is 7.86. The van der Waals surface area contributed by atoms with Gasteiger partial charge in [0.1, 0.15) is 0 Å². The first-order valence-corrected chi connectivity index (χ1v) is 6.04. The summed E-state index contributed by atoms with van der Waals surface area (Å²) in [5.74, 6) is -0.908. The van der Waals surface area contributed by atoms with Crippen molar-refractivity contribution in [1.29, 1.82) is 0 Å². The second-order valence-electron chi connectivity index (χ2n) is 5.13. The van der Waals surface area contributed by atoms with Crippen LogP contribution in [0.3, 0.4) is 0 Å². The monoisotopic (exact) mass is 249 g/mol. The van der Waals surface area contributed by atoms with Gasteiger partial charge in [0.15, 0.2) is 0 Å². The van der Waals surface area contributed by atoms with E-state index in [1.165, 1.54) is 0 Å². The Labute approximate surface area is 107 Å². The van der Waals surface area contributed by atoms with E-state index in [2.05, 4.69) is 24.1 Å². The van der Waals surface area contributed by atoms with Gasteiger partial charge in [-0.2, -0.15) is 0 Å². The smallest absolute Gasteiger partial charge is 0.335 e. The summed E-state index contributed by atoms with van der Waals surface area (Å²) in [5, 5.41) is 12.2. The molecule has 0 saturated carbocycles. The number of benzene rings is 1. The van der Waals surface area contributed by atoms with Gasteiger partial charge < -0.3 is 21.1 Å². The van der Waals surface area contributed by atoms with Crippen LogP contribution in [0.2, 0.25) is 0 Å². The van der Waals surface area contributed by atoms with Crippen LogP contribution in [-0.4, -0.2) is 36.2 Å². The van der Waals surface area contributed by atoms with Crippen molar-refractivity contribution in [2.75, 3.05) is 29.9 Å².